The summed E-state index contributed by atoms with van der Waals surface area (Å²) in [6, 6.07) is 1.42. The lowest BCUT2D eigenvalue weighted by Crippen LogP contribution is -2.23. The van der Waals surface area contributed by atoms with Gasteiger partial charge in [0.2, 0.25) is 0 Å². The average Bonchev–Trinajstić information content (AvgIpc) is 2.25. The molecule has 2 N–H and O–H groups in total. The van der Waals surface area contributed by atoms with Crippen LogP contribution in [0.5, 0.6) is 5.75 Å². The smallest absolute Gasteiger partial charge is 0.403 e. The van der Waals surface area contributed by atoms with E-state index in [-0.39, 0.29) is 0 Å². The number of ether oxygens (including phenoxy) is 1. The second kappa shape index (κ2) is 5.54. The van der Waals surface area contributed by atoms with Gasteiger partial charge in [0.25, 0.3) is 0 Å². The predicted octanol–water partition coefficient (Wildman–Crippen LogP) is 2.52. The third-order valence-corrected chi connectivity index (χ3v) is 2.15. The summed E-state index contributed by atoms with van der Waals surface area (Å²) in [4.78, 5) is 3.37. The van der Waals surface area contributed by atoms with Gasteiger partial charge in [-0.05, 0) is 0 Å². The van der Waals surface area contributed by atoms with Crippen LogP contribution in [0.25, 0.3) is 0 Å². The minimum Gasteiger partial charge on any atom is -0.403 e. The van der Waals surface area contributed by atoms with Crippen LogP contribution in [-0.2, 0) is 19.1 Å². The maximum Gasteiger partial charge on any atom is 0.573 e. The van der Waals surface area contributed by atoms with Crippen molar-refractivity contribution in [3.63, 3.8) is 0 Å². The summed E-state index contributed by atoms with van der Waals surface area (Å²) < 4.78 is 78.8. The van der Waals surface area contributed by atoms with Gasteiger partial charge in [-0.2, -0.15) is 18.4 Å². The summed E-state index contributed by atoms with van der Waals surface area (Å²) in [5.74, 6) is -1.51. The molecule has 0 bridgehead atoms. The number of rotatable bonds is 3. The van der Waals surface area contributed by atoms with E-state index in [0.29, 0.717) is 6.20 Å². The molecular weight excluding hydrogens is 292 g/mol. The fourth-order valence-electron chi connectivity index (χ4n) is 1.47. The largest absolute Gasteiger partial charge is 0.573 e. The Labute approximate surface area is 108 Å². The lowest BCUT2D eigenvalue weighted by atomic mass is 10.0. The van der Waals surface area contributed by atoms with Crippen LogP contribution in [0.1, 0.15) is 16.8 Å². The molecule has 0 fully saturated rings. The van der Waals surface area contributed by atoms with E-state index in [1.54, 1.807) is 0 Å². The first-order chi connectivity index (χ1) is 9.10. The summed E-state index contributed by atoms with van der Waals surface area (Å²) in [5.41, 5.74) is 1.97. The summed E-state index contributed by atoms with van der Waals surface area (Å²) in [6.07, 6.45) is -10.6. The molecule has 0 aliphatic carbocycles. The molecule has 1 aromatic rings. The summed E-state index contributed by atoms with van der Waals surface area (Å²) in [6.45, 7) is -0.679. The highest BCUT2D eigenvalue weighted by molar-refractivity contribution is 5.45. The van der Waals surface area contributed by atoms with Crippen LogP contribution in [0.15, 0.2) is 6.20 Å². The number of aromatic nitrogens is 1. The minimum absolute atomic E-state index is 0.664. The average molecular weight is 299 g/mol. The van der Waals surface area contributed by atoms with Crippen LogP contribution >= 0.6 is 0 Å². The minimum atomic E-state index is -5.34. The van der Waals surface area contributed by atoms with Crippen molar-refractivity contribution in [3.8, 4) is 11.8 Å². The highest BCUT2D eigenvalue weighted by atomic mass is 19.4. The molecule has 1 heterocycles. The molecule has 110 valence electrons. The number of nitrogens with two attached hydrogens (primary N) is 1. The number of hydrogen-bond donors (Lipinski definition) is 1. The molecule has 0 aromatic carbocycles. The molecule has 0 aliphatic rings. The number of alkyl halides is 6. The zero-order chi connectivity index (χ0) is 15.6. The molecular formula is C10H7F6N3O. The number of halogens is 6. The molecule has 0 radical (unpaired) electrons. The standard InChI is InChI=1S/C10H7F6N3O/c11-9(12,13)7-5(1-2-17)4-19-6(3-18)8(7)20-10(14,15)16/h4H,1,3,18H2. The highest BCUT2D eigenvalue weighted by Gasteiger charge is 2.42. The Kier molecular flexibility index (Phi) is 4.44. The van der Waals surface area contributed by atoms with E-state index in [2.05, 4.69) is 9.72 Å². The van der Waals surface area contributed by atoms with Crippen molar-refractivity contribution in [2.45, 2.75) is 25.5 Å². The van der Waals surface area contributed by atoms with E-state index in [1.807, 2.05) is 0 Å². The number of nitrogens with zero attached hydrogens (tertiary/aromatic N) is 2. The molecule has 0 amide bonds. The summed E-state index contributed by atoms with van der Waals surface area (Å²) >= 11 is 0. The van der Waals surface area contributed by atoms with E-state index in [9.17, 15) is 26.3 Å². The zero-order valence-electron chi connectivity index (χ0n) is 9.64. The predicted molar refractivity (Wildman–Crippen MR) is 53.1 cm³/mol. The fourth-order valence-corrected chi connectivity index (χ4v) is 1.47. The molecule has 0 atom stereocenters. The van der Waals surface area contributed by atoms with Gasteiger partial charge in [0.05, 0.1) is 18.2 Å². The van der Waals surface area contributed by atoms with Crippen LogP contribution in [0, 0.1) is 11.3 Å². The van der Waals surface area contributed by atoms with E-state index < -0.39 is 48.1 Å². The first-order valence-corrected chi connectivity index (χ1v) is 5.01. The van der Waals surface area contributed by atoms with Gasteiger partial charge in [-0.25, -0.2) is 0 Å². The van der Waals surface area contributed by atoms with Gasteiger partial charge >= 0.3 is 12.5 Å². The van der Waals surface area contributed by atoms with Gasteiger partial charge < -0.3 is 10.5 Å². The molecule has 10 heteroatoms. The van der Waals surface area contributed by atoms with E-state index in [1.165, 1.54) is 6.07 Å². The lowest BCUT2D eigenvalue weighted by Gasteiger charge is -2.19. The Morgan fingerprint density at radius 1 is 1.25 bits per heavy atom. The summed E-state index contributed by atoms with van der Waals surface area (Å²) in [5, 5.41) is 8.43. The monoisotopic (exact) mass is 299 g/mol. The van der Waals surface area contributed by atoms with E-state index >= 15 is 0 Å². The zero-order valence-corrected chi connectivity index (χ0v) is 9.64. The normalized spacial score (nSPS) is 12.1. The molecule has 0 saturated carbocycles. The fraction of sp³-hybridized carbons (Fsp3) is 0.400. The molecule has 0 saturated heterocycles. The van der Waals surface area contributed by atoms with Crippen LogP contribution < -0.4 is 10.5 Å². The summed E-state index contributed by atoms with van der Waals surface area (Å²) in [7, 11) is 0. The van der Waals surface area contributed by atoms with Gasteiger partial charge in [0.15, 0.2) is 5.75 Å². The van der Waals surface area contributed by atoms with Crippen LogP contribution in [0.4, 0.5) is 26.3 Å². The maximum absolute atomic E-state index is 12.9. The van der Waals surface area contributed by atoms with Crippen molar-refractivity contribution in [2.75, 3.05) is 0 Å². The molecule has 0 spiro atoms. The molecule has 20 heavy (non-hydrogen) atoms. The Morgan fingerprint density at radius 3 is 2.25 bits per heavy atom. The van der Waals surface area contributed by atoms with Gasteiger partial charge in [0, 0.05) is 18.3 Å². The SMILES string of the molecule is N#CCc1cnc(CN)c(OC(F)(F)F)c1C(F)(F)F. The molecule has 0 unspecified atom stereocenters. The van der Waals surface area contributed by atoms with E-state index in [4.69, 9.17) is 11.0 Å². The maximum atomic E-state index is 12.9. The van der Waals surface area contributed by atoms with Gasteiger partial charge in [-0.1, -0.05) is 0 Å². The van der Waals surface area contributed by atoms with Crippen molar-refractivity contribution in [2.24, 2.45) is 5.73 Å². The quantitative estimate of drug-likeness (QED) is 0.870. The Morgan fingerprint density at radius 2 is 1.85 bits per heavy atom. The number of pyridine rings is 1. The van der Waals surface area contributed by atoms with E-state index in [0.717, 1.165) is 0 Å². The van der Waals surface area contributed by atoms with Crippen molar-refractivity contribution >= 4 is 0 Å². The Balaban J connectivity index is 3.57. The van der Waals surface area contributed by atoms with Crippen molar-refractivity contribution < 1.29 is 31.1 Å². The Bertz CT molecular complexity index is 532. The third kappa shape index (κ3) is 3.74. The third-order valence-electron chi connectivity index (χ3n) is 2.15. The van der Waals surface area contributed by atoms with Crippen molar-refractivity contribution in [3.05, 3.63) is 23.0 Å². The molecule has 4 nitrogen and oxygen atoms in total. The first-order valence-electron chi connectivity index (χ1n) is 5.01. The van der Waals surface area contributed by atoms with Crippen molar-refractivity contribution in [1.82, 2.24) is 4.98 Å². The molecule has 0 aliphatic heterocycles. The lowest BCUT2D eigenvalue weighted by molar-refractivity contribution is -0.276. The number of hydrogen-bond acceptors (Lipinski definition) is 4. The van der Waals surface area contributed by atoms with Gasteiger partial charge in [-0.15, -0.1) is 13.2 Å². The van der Waals surface area contributed by atoms with Gasteiger partial charge in [0.1, 0.15) is 5.56 Å². The van der Waals surface area contributed by atoms with Gasteiger partial charge in [-0.3, -0.25) is 4.98 Å². The topological polar surface area (TPSA) is 71.9 Å². The Hall–Kier alpha value is -2.02. The van der Waals surface area contributed by atoms with Crippen LogP contribution in [0.3, 0.4) is 0 Å². The molecule has 1 rings (SSSR count). The van der Waals surface area contributed by atoms with Crippen LogP contribution in [-0.4, -0.2) is 11.3 Å². The highest BCUT2D eigenvalue weighted by Crippen LogP contribution is 2.42. The van der Waals surface area contributed by atoms with Crippen LogP contribution in [0.2, 0.25) is 0 Å². The second-order valence-corrected chi connectivity index (χ2v) is 3.52. The first kappa shape index (κ1) is 16.0. The molecule has 1 aromatic heterocycles. The van der Waals surface area contributed by atoms with Crippen molar-refractivity contribution in [1.29, 1.82) is 5.26 Å². The second-order valence-electron chi connectivity index (χ2n) is 3.52. The number of nitriles is 1.